The van der Waals surface area contributed by atoms with Crippen molar-refractivity contribution in [2.45, 2.75) is 52.4 Å². The molecule has 0 saturated carbocycles. The number of imidazole rings is 1. The number of ether oxygens (including phenoxy) is 2. The van der Waals surface area contributed by atoms with Crippen molar-refractivity contribution in [3.05, 3.63) is 76.9 Å². The van der Waals surface area contributed by atoms with Crippen molar-refractivity contribution < 1.29 is 23.9 Å². The molecule has 1 atom stereocenters. The van der Waals surface area contributed by atoms with Crippen LogP contribution in [0, 0.1) is 6.92 Å². The molecule has 10 heteroatoms. The predicted octanol–water partition coefficient (Wildman–Crippen LogP) is 3.08. The van der Waals surface area contributed by atoms with Crippen molar-refractivity contribution in [2.75, 3.05) is 20.8 Å². The fourth-order valence-corrected chi connectivity index (χ4v) is 4.79. The molecule has 3 amide bonds. The van der Waals surface area contributed by atoms with Crippen LogP contribution in [0.25, 0.3) is 0 Å². The van der Waals surface area contributed by atoms with Gasteiger partial charge in [-0.15, -0.1) is 0 Å². The second kappa shape index (κ2) is 11.6. The molecule has 0 unspecified atom stereocenters. The summed E-state index contributed by atoms with van der Waals surface area (Å²) in [5.74, 6) is 0.0641. The highest BCUT2D eigenvalue weighted by molar-refractivity contribution is 6.07. The fraction of sp³-hybridized carbons (Fsp3) is 0.379. The van der Waals surface area contributed by atoms with E-state index in [2.05, 4.69) is 15.6 Å². The first-order valence-corrected chi connectivity index (χ1v) is 12.9. The van der Waals surface area contributed by atoms with Crippen LogP contribution in [0.3, 0.4) is 0 Å². The van der Waals surface area contributed by atoms with Crippen LogP contribution < -0.4 is 20.1 Å². The van der Waals surface area contributed by atoms with Gasteiger partial charge in [-0.05, 0) is 44.0 Å². The van der Waals surface area contributed by atoms with Crippen molar-refractivity contribution in [3.8, 4) is 11.5 Å². The lowest BCUT2D eigenvalue weighted by molar-refractivity contribution is -0.133. The summed E-state index contributed by atoms with van der Waals surface area (Å²) in [5, 5.41) is 5.82. The molecule has 206 valence electrons. The van der Waals surface area contributed by atoms with Gasteiger partial charge in [-0.3, -0.25) is 14.4 Å². The van der Waals surface area contributed by atoms with E-state index in [9.17, 15) is 14.4 Å². The Morgan fingerprint density at radius 2 is 1.79 bits per heavy atom. The molecule has 2 aromatic carbocycles. The van der Waals surface area contributed by atoms with Gasteiger partial charge < -0.3 is 29.6 Å². The van der Waals surface area contributed by atoms with Crippen LogP contribution in [0.5, 0.6) is 11.5 Å². The van der Waals surface area contributed by atoms with Crippen molar-refractivity contribution in [1.82, 2.24) is 25.1 Å². The zero-order valence-electron chi connectivity index (χ0n) is 23.0. The molecule has 0 saturated heterocycles. The molecule has 1 aliphatic heterocycles. The van der Waals surface area contributed by atoms with Gasteiger partial charge in [-0.1, -0.05) is 36.8 Å². The average Bonchev–Trinajstić information content (AvgIpc) is 3.37. The van der Waals surface area contributed by atoms with Crippen molar-refractivity contribution in [2.24, 2.45) is 0 Å². The number of hydrogen-bond acceptors (Lipinski definition) is 6. The van der Waals surface area contributed by atoms with Crippen LogP contribution in [0.1, 0.15) is 57.9 Å². The Morgan fingerprint density at radius 3 is 2.46 bits per heavy atom. The summed E-state index contributed by atoms with van der Waals surface area (Å²) in [6.45, 7) is 6.74. The van der Waals surface area contributed by atoms with Gasteiger partial charge in [-0.25, -0.2) is 4.98 Å². The Labute approximate surface area is 228 Å². The fourth-order valence-electron chi connectivity index (χ4n) is 4.79. The van der Waals surface area contributed by atoms with E-state index in [1.165, 1.54) is 6.33 Å². The summed E-state index contributed by atoms with van der Waals surface area (Å²) in [5.41, 5.74) is 1.87. The van der Waals surface area contributed by atoms with Gasteiger partial charge in [0.2, 0.25) is 5.91 Å². The van der Waals surface area contributed by atoms with E-state index in [4.69, 9.17) is 9.47 Å². The maximum absolute atomic E-state index is 13.8. The normalized spacial score (nSPS) is 16.4. The minimum atomic E-state index is -1.15. The number of nitrogens with zero attached hydrogens (tertiary/aromatic N) is 3. The number of benzene rings is 2. The Hall–Kier alpha value is -4.34. The number of carbonyl (C=O) groups excluding carboxylic acids is 3. The summed E-state index contributed by atoms with van der Waals surface area (Å²) >= 11 is 0. The van der Waals surface area contributed by atoms with Gasteiger partial charge in [0.1, 0.15) is 22.7 Å². The van der Waals surface area contributed by atoms with Crippen molar-refractivity contribution >= 4 is 17.7 Å². The summed E-state index contributed by atoms with van der Waals surface area (Å²) in [6, 6.07) is 13.2. The molecule has 0 aliphatic carbocycles. The number of aromatic nitrogens is 2. The third-order valence-corrected chi connectivity index (χ3v) is 7.01. The summed E-state index contributed by atoms with van der Waals surface area (Å²) in [4.78, 5) is 46.2. The Bertz CT molecular complexity index is 1370. The van der Waals surface area contributed by atoms with Crippen LogP contribution in [0.15, 0.2) is 48.8 Å². The van der Waals surface area contributed by atoms with Gasteiger partial charge in [0.25, 0.3) is 11.8 Å². The smallest absolute Gasteiger partial charge is 0.273 e. The second-order valence-corrected chi connectivity index (χ2v) is 9.83. The maximum Gasteiger partial charge on any atom is 0.273 e. The summed E-state index contributed by atoms with van der Waals surface area (Å²) < 4.78 is 12.3. The Kier molecular flexibility index (Phi) is 8.23. The first-order chi connectivity index (χ1) is 18.7. The molecular weight excluding hydrogens is 498 g/mol. The van der Waals surface area contributed by atoms with Gasteiger partial charge in [0, 0.05) is 25.2 Å². The molecule has 2 heterocycles. The monoisotopic (exact) mass is 533 g/mol. The zero-order chi connectivity index (χ0) is 28.2. The molecule has 4 rings (SSSR count). The first kappa shape index (κ1) is 27.7. The van der Waals surface area contributed by atoms with Crippen molar-refractivity contribution in [3.63, 3.8) is 0 Å². The topological polar surface area (TPSA) is 115 Å². The van der Waals surface area contributed by atoms with E-state index < -0.39 is 17.4 Å². The van der Waals surface area contributed by atoms with Gasteiger partial charge in [0.05, 0.1) is 27.1 Å². The third kappa shape index (κ3) is 5.59. The molecule has 0 fully saturated rings. The van der Waals surface area contributed by atoms with Crippen molar-refractivity contribution in [1.29, 1.82) is 0 Å². The van der Waals surface area contributed by atoms with Gasteiger partial charge in [0.15, 0.2) is 5.69 Å². The molecular formula is C29H35N5O5. The number of hydrogen-bond donors (Lipinski definition) is 2. The first-order valence-electron chi connectivity index (χ1n) is 12.9. The minimum absolute atomic E-state index is 0.0186. The van der Waals surface area contributed by atoms with Gasteiger partial charge >= 0.3 is 0 Å². The molecule has 2 N–H and O–H groups in total. The number of carbonyl (C=O) groups is 3. The van der Waals surface area contributed by atoms with Gasteiger partial charge in [-0.2, -0.15) is 0 Å². The number of fused-ring (bicyclic) bond motifs is 1. The lowest BCUT2D eigenvalue weighted by Gasteiger charge is -2.43. The van der Waals surface area contributed by atoms with Crippen LogP contribution in [0.4, 0.5) is 0 Å². The van der Waals surface area contributed by atoms with E-state index in [0.717, 1.165) is 16.7 Å². The zero-order valence-corrected chi connectivity index (χ0v) is 23.0. The molecule has 0 radical (unpaired) electrons. The van der Waals surface area contributed by atoms with E-state index in [-0.39, 0.29) is 30.4 Å². The largest absolute Gasteiger partial charge is 0.497 e. The van der Waals surface area contributed by atoms with Crippen LogP contribution in [0.2, 0.25) is 0 Å². The maximum atomic E-state index is 13.8. The second-order valence-electron chi connectivity index (χ2n) is 9.83. The van der Waals surface area contributed by atoms with Crippen LogP contribution in [-0.2, 0) is 24.4 Å². The van der Waals surface area contributed by atoms with Crippen LogP contribution >= 0.6 is 0 Å². The summed E-state index contributed by atoms with van der Waals surface area (Å²) in [6.07, 6.45) is 2.10. The number of nitrogens with one attached hydrogen (secondary N) is 2. The van der Waals surface area contributed by atoms with E-state index in [0.29, 0.717) is 31.0 Å². The molecule has 39 heavy (non-hydrogen) atoms. The lowest BCUT2D eigenvalue weighted by atomic mass is 9.93. The van der Waals surface area contributed by atoms with Crippen LogP contribution in [-0.4, -0.2) is 58.5 Å². The molecule has 0 bridgehead atoms. The number of rotatable bonds is 10. The quantitative estimate of drug-likeness (QED) is 0.414. The highest BCUT2D eigenvalue weighted by Gasteiger charge is 2.48. The van der Waals surface area contributed by atoms with E-state index in [1.54, 1.807) is 48.8 Å². The molecule has 1 aliphatic rings. The molecule has 10 nitrogen and oxygen atoms in total. The molecule has 3 aromatic rings. The number of aryl methyl sites for hydroxylation is 1. The summed E-state index contributed by atoms with van der Waals surface area (Å²) in [7, 11) is 3.11. The molecule has 1 aromatic heterocycles. The average molecular weight is 534 g/mol. The Balaban J connectivity index is 1.54. The standard InChI is InChI=1S/C29H35N5O5/c1-6-13-34-27(36)25-24(26(35)30-16-21-14-22(38-4)11-12-23(21)39-5)32-18-33(25)17-29(34,3)28(37)31-15-20-9-7-19(2)8-10-20/h7-12,14,18H,6,13,15-17H2,1-5H3,(H,30,35)(H,31,37)/t29-/m1/s1. The SMILES string of the molecule is CCCN1C(=O)c2c(C(=O)NCc3cc(OC)ccc3OC)ncn2C[C@]1(C)C(=O)NCc1ccc(C)cc1. The molecule has 0 spiro atoms. The Morgan fingerprint density at radius 1 is 1.05 bits per heavy atom. The van der Waals surface area contributed by atoms with E-state index >= 15 is 0 Å². The number of methoxy groups -OCH3 is 2. The lowest BCUT2D eigenvalue weighted by Crippen LogP contribution is -2.64. The minimum Gasteiger partial charge on any atom is -0.497 e. The predicted molar refractivity (Wildman–Crippen MR) is 146 cm³/mol. The highest BCUT2D eigenvalue weighted by atomic mass is 16.5. The third-order valence-electron chi connectivity index (χ3n) is 7.01. The highest BCUT2D eigenvalue weighted by Crippen LogP contribution is 2.30. The van der Waals surface area contributed by atoms with E-state index in [1.807, 2.05) is 38.1 Å². The number of amides is 3.